The molecule has 0 aromatic rings. The van der Waals surface area contributed by atoms with Gasteiger partial charge in [-0.1, -0.05) is 6.42 Å². The Balaban J connectivity index is 1.77. The number of aliphatic hydroxyl groups is 1. The zero-order valence-corrected chi connectivity index (χ0v) is 10.3. The van der Waals surface area contributed by atoms with E-state index in [1.165, 1.54) is 0 Å². The second-order valence-corrected chi connectivity index (χ2v) is 5.23. The SMILES string of the molecule is O=C(NCC1CCCC1C(=O)O)C1CC(O)CN1. The van der Waals surface area contributed by atoms with Gasteiger partial charge in [-0.3, -0.25) is 9.59 Å². The molecule has 6 heteroatoms. The molecule has 1 saturated heterocycles. The lowest BCUT2D eigenvalue weighted by atomic mass is 9.96. The van der Waals surface area contributed by atoms with Crippen LogP contribution in [0.4, 0.5) is 0 Å². The summed E-state index contributed by atoms with van der Waals surface area (Å²) in [6, 6.07) is -0.343. The summed E-state index contributed by atoms with van der Waals surface area (Å²) in [6.07, 6.45) is 2.45. The van der Waals surface area contributed by atoms with Gasteiger partial charge in [-0.25, -0.2) is 0 Å². The van der Waals surface area contributed by atoms with E-state index in [9.17, 15) is 14.7 Å². The Labute approximate surface area is 106 Å². The first-order chi connectivity index (χ1) is 8.58. The largest absolute Gasteiger partial charge is 0.481 e. The van der Waals surface area contributed by atoms with Crippen molar-refractivity contribution in [2.24, 2.45) is 11.8 Å². The van der Waals surface area contributed by atoms with Crippen molar-refractivity contribution >= 4 is 11.9 Å². The second-order valence-electron chi connectivity index (χ2n) is 5.23. The van der Waals surface area contributed by atoms with E-state index in [2.05, 4.69) is 10.6 Å². The van der Waals surface area contributed by atoms with Gasteiger partial charge >= 0.3 is 5.97 Å². The molecule has 2 aliphatic rings. The first kappa shape index (κ1) is 13.3. The van der Waals surface area contributed by atoms with Gasteiger partial charge in [0.2, 0.25) is 5.91 Å². The topological polar surface area (TPSA) is 98.7 Å². The molecule has 1 aliphatic heterocycles. The van der Waals surface area contributed by atoms with E-state index < -0.39 is 12.1 Å². The summed E-state index contributed by atoms with van der Waals surface area (Å²) >= 11 is 0. The summed E-state index contributed by atoms with van der Waals surface area (Å²) in [4.78, 5) is 22.8. The molecule has 0 aromatic heterocycles. The van der Waals surface area contributed by atoms with Crippen LogP contribution in [0.2, 0.25) is 0 Å². The molecule has 6 nitrogen and oxygen atoms in total. The molecule has 2 rings (SSSR count). The molecule has 0 spiro atoms. The van der Waals surface area contributed by atoms with Gasteiger partial charge in [-0.05, 0) is 25.2 Å². The zero-order chi connectivity index (χ0) is 13.1. The van der Waals surface area contributed by atoms with Gasteiger partial charge in [0.05, 0.1) is 18.1 Å². The van der Waals surface area contributed by atoms with Crippen LogP contribution >= 0.6 is 0 Å². The van der Waals surface area contributed by atoms with Crippen molar-refractivity contribution in [2.45, 2.75) is 37.8 Å². The van der Waals surface area contributed by atoms with Crippen molar-refractivity contribution in [3.63, 3.8) is 0 Å². The fraction of sp³-hybridized carbons (Fsp3) is 0.833. The fourth-order valence-electron chi connectivity index (χ4n) is 2.88. The Hall–Kier alpha value is -1.14. The van der Waals surface area contributed by atoms with Gasteiger partial charge in [-0.15, -0.1) is 0 Å². The molecular weight excluding hydrogens is 236 g/mol. The van der Waals surface area contributed by atoms with E-state index in [0.717, 1.165) is 12.8 Å². The van der Waals surface area contributed by atoms with Gasteiger partial charge in [-0.2, -0.15) is 0 Å². The summed E-state index contributed by atoms with van der Waals surface area (Å²) in [5.41, 5.74) is 0. The lowest BCUT2D eigenvalue weighted by Gasteiger charge is -2.18. The molecule has 2 fully saturated rings. The molecule has 1 saturated carbocycles. The van der Waals surface area contributed by atoms with Crippen LogP contribution in [0.25, 0.3) is 0 Å². The molecule has 0 radical (unpaired) electrons. The number of carboxylic acids is 1. The van der Waals surface area contributed by atoms with E-state index in [1.807, 2.05) is 0 Å². The van der Waals surface area contributed by atoms with Crippen LogP contribution in [0.1, 0.15) is 25.7 Å². The molecule has 4 N–H and O–H groups in total. The number of rotatable bonds is 4. The molecule has 102 valence electrons. The number of amides is 1. The third-order valence-corrected chi connectivity index (χ3v) is 3.94. The number of nitrogens with one attached hydrogen (secondary N) is 2. The number of hydrogen-bond donors (Lipinski definition) is 4. The lowest BCUT2D eigenvalue weighted by Crippen LogP contribution is -2.43. The molecule has 4 unspecified atom stereocenters. The van der Waals surface area contributed by atoms with Crippen LogP contribution in [0, 0.1) is 11.8 Å². The summed E-state index contributed by atoms with van der Waals surface area (Å²) < 4.78 is 0. The van der Waals surface area contributed by atoms with E-state index in [0.29, 0.717) is 25.9 Å². The van der Waals surface area contributed by atoms with Gasteiger partial charge in [0.25, 0.3) is 0 Å². The van der Waals surface area contributed by atoms with Crippen LogP contribution < -0.4 is 10.6 Å². The number of aliphatic hydroxyl groups excluding tert-OH is 1. The van der Waals surface area contributed by atoms with Crippen molar-refractivity contribution in [3.05, 3.63) is 0 Å². The van der Waals surface area contributed by atoms with Gasteiger partial charge < -0.3 is 20.8 Å². The van der Waals surface area contributed by atoms with Crippen molar-refractivity contribution in [1.82, 2.24) is 10.6 Å². The Morgan fingerprint density at radius 2 is 2.11 bits per heavy atom. The normalized spacial score (nSPS) is 35.6. The molecule has 4 atom stereocenters. The number of hydrogen-bond acceptors (Lipinski definition) is 4. The highest BCUT2D eigenvalue weighted by Gasteiger charge is 2.34. The van der Waals surface area contributed by atoms with Crippen LogP contribution in [0.15, 0.2) is 0 Å². The first-order valence-corrected chi connectivity index (χ1v) is 6.50. The maximum Gasteiger partial charge on any atom is 0.306 e. The fourth-order valence-corrected chi connectivity index (χ4v) is 2.88. The van der Waals surface area contributed by atoms with Crippen molar-refractivity contribution in [2.75, 3.05) is 13.1 Å². The highest BCUT2D eigenvalue weighted by Crippen LogP contribution is 2.31. The maximum absolute atomic E-state index is 11.8. The molecule has 1 heterocycles. The Morgan fingerprint density at radius 1 is 1.33 bits per heavy atom. The minimum Gasteiger partial charge on any atom is -0.481 e. The van der Waals surface area contributed by atoms with Gasteiger partial charge in [0.15, 0.2) is 0 Å². The number of carboxylic acid groups (broad SMARTS) is 1. The number of carbonyl (C=O) groups is 2. The third-order valence-electron chi connectivity index (χ3n) is 3.94. The predicted octanol–water partition coefficient (Wildman–Crippen LogP) is -0.674. The highest BCUT2D eigenvalue weighted by atomic mass is 16.4. The number of aliphatic carboxylic acids is 1. The smallest absolute Gasteiger partial charge is 0.306 e. The van der Waals surface area contributed by atoms with E-state index in [4.69, 9.17) is 5.11 Å². The first-order valence-electron chi connectivity index (χ1n) is 6.50. The second kappa shape index (κ2) is 5.67. The number of β-amino-alcohol motifs (C(OH)–C–C–N with tert-alkyl or cyclic N) is 1. The van der Waals surface area contributed by atoms with E-state index >= 15 is 0 Å². The Bertz CT molecular complexity index is 334. The van der Waals surface area contributed by atoms with E-state index in [1.54, 1.807) is 0 Å². The minimum absolute atomic E-state index is 0.0396. The predicted molar refractivity (Wildman–Crippen MR) is 63.9 cm³/mol. The zero-order valence-electron chi connectivity index (χ0n) is 10.3. The average molecular weight is 256 g/mol. The van der Waals surface area contributed by atoms with Crippen molar-refractivity contribution < 1.29 is 19.8 Å². The quantitative estimate of drug-likeness (QED) is 0.534. The average Bonchev–Trinajstić information content (AvgIpc) is 2.94. The van der Waals surface area contributed by atoms with Crippen LogP contribution in [-0.4, -0.2) is 47.3 Å². The van der Waals surface area contributed by atoms with Crippen molar-refractivity contribution in [3.8, 4) is 0 Å². The Kier molecular flexibility index (Phi) is 4.19. The number of carbonyl (C=O) groups excluding carboxylic acids is 1. The molecular formula is C12H20N2O4. The van der Waals surface area contributed by atoms with Crippen LogP contribution in [-0.2, 0) is 9.59 Å². The standard InChI is InChI=1S/C12H20N2O4/c15-8-4-10(13-6-8)11(16)14-5-7-2-1-3-9(7)12(17)18/h7-10,13,15H,1-6H2,(H,14,16)(H,17,18). The third kappa shape index (κ3) is 3.00. The monoisotopic (exact) mass is 256 g/mol. The van der Waals surface area contributed by atoms with Crippen LogP contribution in [0.3, 0.4) is 0 Å². The van der Waals surface area contributed by atoms with Crippen molar-refractivity contribution in [1.29, 1.82) is 0 Å². The van der Waals surface area contributed by atoms with E-state index in [-0.39, 0.29) is 23.8 Å². The summed E-state index contributed by atoms with van der Waals surface area (Å²) in [5.74, 6) is -1.19. The van der Waals surface area contributed by atoms with Crippen LogP contribution in [0.5, 0.6) is 0 Å². The summed E-state index contributed by atoms with van der Waals surface area (Å²) in [6.45, 7) is 0.864. The lowest BCUT2D eigenvalue weighted by molar-refractivity contribution is -0.143. The molecule has 0 aromatic carbocycles. The highest BCUT2D eigenvalue weighted by molar-refractivity contribution is 5.82. The summed E-state index contributed by atoms with van der Waals surface area (Å²) in [7, 11) is 0. The molecule has 0 bridgehead atoms. The maximum atomic E-state index is 11.8. The Morgan fingerprint density at radius 3 is 2.72 bits per heavy atom. The van der Waals surface area contributed by atoms with Gasteiger partial charge in [0.1, 0.15) is 0 Å². The summed E-state index contributed by atoms with van der Waals surface area (Å²) in [5, 5.41) is 24.1. The minimum atomic E-state index is -0.763. The van der Waals surface area contributed by atoms with Gasteiger partial charge in [0, 0.05) is 13.1 Å². The molecule has 1 aliphatic carbocycles. The molecule has 1 amide bonds. The molecule has 18 heavy (non-hydrogen) atoms.